The SMILES string of the molecule is CC1CCCN(S(=O)(=O)c2ccc(C(=O)Nc3nc4ccc(Br)cc4s3)cc2)C1. The van der Waals surface area contributed by atoms with Crippen LogP contribution in [0.1, 0.15) is 30.1 Å². The predicted octanol–water partition coefficient (Wildman–Crippen LogP) is 4.73. The monoisotopic (exact) mass is 493 g/mol. The van der Waals surface area contributed by atoms with Crippen LogP contribution in [0.4, 0.5) is 5.13 Å². The van der Waals surface area contributed by atoms with Crippen LogP contribution >= 0.6 is 27.3 Å². The average molecular weight is 494 g/mol. The van der Waals surface area contributed by atoms with Gasteiger partial charge in [0.15, 0.2) is 5.13 Å². The van der Waals surface area contributed by atoms with Gasteiger partial charge in [0, 0.05) is 23.1 Å². The number of carbonyl (C=O) groups excluding carboxylic acids is 1. The van der Waals surface area contributed by atoms with Crippen molar-refractivity contribution in [1.82, 2.24) is 9.29 Å². The van der Waals surface area contributed by atoms with Gasteiger partial charge >= 0.3 is 0 Å². The molecule has 0 radical (unpaired) electrons. The van der Waals surface area contributed by atoms with Crippen LogP contribution in [0.15, 0.2) is 51.8 Å². The lowest BCUT2D eigenvalue weighted by Gasteiger charge is -2.30. The maximum Gasteiger partial charge on any atom is 0.257 e. The second kappa shape index (κ2) is 8.14. The van der Waals surface area contributed by atoms with Crippen molar-refractivity contribution in [3.8, 4) is 0 Å². The van der Waals surface area contributed by atoms with Gasteiger partial charge < -0.3 is 0 Å². The minimum absolute atomic E-state index is 0.216. The van der Waals surface area contributed by atoms with Gasteiger partial charge in [-0.25, -0.2) is 13.4 Å². The molecule has 1 atom stereocenters. The van der Waals surface area contributed by atoms with Crippen LogP contribution in [-0.4, -0.2) is 36.7 Å². The van der Waals surface area contributed by atoms with E-state index >= 15 is 0 Å². The van der Waals surface area contributed by atoms with Gasteiger partial charge in [-0.05, 0) is 61.2 Å². The number of carbonyl (C=O) groups is 1. The van der Waals surface area contributed by atoms with Gasteiger partial charge in [0.25, 0.3) is 5.91 Å². The molecule has 1 aliphatic heterocycles. The molecule has 1 saturated heterocycles. The Morgan fingerprint density at radius 1 is 1.24 bits per heavy atom. The molecule has 4 rings (SSSR count). The summed E-state index contributed by atoms with van der Waals surface area (Å²) in [6.45, 7) is 3.15. The molecule has 29 heavy (non-hydrogen) atoms. The van der Waals surface area contributed by atoms with Gasteiger partial charge in [-0.15, -0.1) is 0 Å². The zero-order valence-corrected chi connectivity index (χ0v) is 19.0. The van der Waals surface area contributed by atoms with Crippen molar-refractivity contribution in [2.45, 2.75) is 24.7 Å². The first-order valence-electron chi connectivity index (χ1n) is 9.30. The minimum atomic E-state index is -3.53. The standard InChI is InChI=1S/C20H20BrN3O3S2/c1-13-3-2-10-24(12-13)29(26,27)16-7-4-14(5-8-16)19(25)23-20-22-17-9-6-15(21)11-18(17)28-20/h4-9,11,13H,2-3,10,12H2,1H3,(H,22,23,25). The highest BCUT2D eigenvalue weighted by atomic mass is 79.9. The number of aromatic nitrogens is 1. The molecule has 2 aromatic carbocycles. The van der Waals surface area contributed by atoms with E-state index in [2.05, 4.69) is 33.2 Å². The Balaban J connectivity index is 1.50. The van der Waals surface area contributed by atoms with E-state index in [1.165, 1.54) is 27.8 Å². The molecule has 1 aliphatic rings. The largest absolute Gasteiger partial charge is 0.298 e. The van der Waals surface area contributed by atoms with Crippen LogP contribution in [0, 0.1) is 5.92 Å². The molecule has 0 spiro atoms. The van der Waals surface area contributed by atoms with E-state index in [0.29, 0.717) is 29.7 Å². The summed E-state index contributed by atoms with van der Waals surface area (Å²) in [5, 5.41) is 3.29. The van der Waals surface area contributed by atoms with Gasteiger partial charge in [-0.3, -0.25) is 10.1 Å². The maximum absolute atomic E-state index is 12.8. The van der Waals surface area contributed by atoms with E-state index in [-0.39, 0.29) is 10.8 Å². The van der Waals surface area contributed by atoms with E-state index < -0.39 is 10.0 Å². The zero-order chi connectivity index (χ0) is 20.6. The van der Waals surface area contributed by atoms with E-state index in [4.69, 9.17) is 0 Å². The highest BCUT2D eigenvalue weighted by Gasteiger charge is 2.28. The predicted molar refractivity (Wildman–Crippen MR) is 119 cm³/mol. The number of fused-ring (bicyclic) bond motifs is 1. The molecule has 1 aromatic heterocycles. The van der Waals surface area contributed by atoms with Gasteiger partial charge in [0.2, 0.25) is 10.0 Å². The van der Waals surface area contributed by atoms with Gasteiger partial charge in [0.05, 0.1) is 15.1 Å². The quantitative estimate of drug-likeness (QED) is 0.569. The fourth-order valence-electron chi connectivity index (χ4n) is 3.41. The number of piperidine rings is 1. The van der Waals surface area contributed by atoms with Crippen LogP contribution in [-0.2, 0) is 10.0 Å². The van der Waals surface area contributed by atoms with Crippen LogP contribution in [0.3, 0.4) is 0 Å². The van der Waals surface area contributed by atoms with E-state index in [1.54, 1.807) is 12.1 Å². The van der Waals surface area contributed by atoms with E-state index in [1.807, 2.05) is 18.2 Å². The number of hydrogen-bond donors (Lipinski definition) is 1. The molecule has 0 saturated carbocycles. The Morgan fingerprint density at radius 2 is 2.00 bits per heavy atom. The maximum atomic E-state index is 12.8. The first kappa shape index (κ1) is 20.5. The molecule has 6 nitrogen and oxygen atoms in total. The number of anilines is 1. The molecule has 0 bridgehead atoms. The molecule has 1 unspecified atom stereocenters. The van der Waals surface area contributed by atoms with Crippen LogP contribution in [0.5, 0.6) is 0 Å². The Hall–Kier alpha value is -1.81. The summed E-state index contributed by atoms with van der Waals surface area (Å²) < 4.78 is 29.1. The number of amides is 1. The summed E-state index contributed by atoms with van der Waals surface area (Å²) in [7, 11) is -3.53. The summed E-state index contributed by atoms with van der Waals surface area (Å²) in [4.78, 5) is 17.2. The first-order chi connectivity index (χ1) is 13.8. The molecule has 1 N–H and O–H groups in total. The number of nitrogens with one attached hydrogen (secondary N) is 1. The molecule has 3 aromatic rings. The lowest BCUT2D eigenvalue weighted by molar-refractivity contribution is 0.102. The molecule has 2 heterocycles. The number of nitrogens with zero attached hydrogens (tertiary/aromatic N) is 2. The topological polar surface area (TPSA) is 79.4 Å². The van der Waals surface area contributed by atoms with E-state index in [9.17, 15) is 13.2 Å². The lowest BCUT2D eigenvalue weighted by atomic mass is 10.0. The fourth-order valence-corrected chi connectivity index (χ4v) is 6.42. The van der Waals surface area contributed by atoms with Crippen molar-refractivity contribution in [1.29, 1.82) is 0 Å². The number of hydrogen-bond acceptors (Lipinski definition) is 5. The lowest BCUT2D eigenvalue weighted by Crippen LogP contribution is -2.39. The van der Waals surface area contributed by atoms with Crippen molar-refractivity contribution in [2.24, 2.45) is 5.92 Å². The number of rotatable bonds is 4. The van der Waals surface area contributed by atoms with Gasteiger partial charge in [0.1, 0.15) is 0 Å². The smallest absolute Gasteiger partial charge is 0.257 e. The summed E-state index contributed by atoms with van der Waals surface area (Å²) >= 11 is 4.81. The molecule has 0 aliphatic carbocycles. The van der Waals surface area contributed by atoms with Gasteiger partial charge in [-0.2, -0.15) is 4.31 Å². The number of benzene rings is 2. The normalized spacial score (nSPS) is 18.1. The van der Waals surface area contributed by atoms with Crippen LogP contribution in [0.25, 0.3) is 10.2 Å². The zero-order valence-electron chi connectivity index (χ0n) is 15.8. The molecular formula is C20H20BrN3O3S2. The first-order valence-corrected chi connectivity index (χ1v) is 12.4. The molecule has 9 heteroatoms. The van der Waals surface area contributed by atoms with Crippen LogP contribution in [0.2, 0.25) is 0 Å². The Bertz CT molecular complexity index is 1160. The highest BCUT2D eigenvalue weighted by molar-refractivity contribution is 9.10. The third-order valence-corrected chi connectivity index (χ3v) is 8.25. The summed E-state index contributed by atoms with van der Waals surface area (Å²) in [5.74, 6) is 0.0386. The molecule has 1 fully saturated rings. The second-order valence-electron chi connectivity index (χ2n) is 7.22. The third kappa shape index (κ3) is 4.37. The number of halogens is 1. The minimum Gasteiger partial charge on any atom is -0.298 e. The summed E-state index contributed by atoms with van der Waals surface area (Å²) in [6.07, 6.45) is 1.92. The van der Waals surface area contributed by atoms with Crippen molar-refractivity contribution >= 4 is 58.5 Å². The Morgan fingerprint density at radius 3 is 2.72 bits per heavy atom. The van der Waals surface area contributed by atoms with E-state index in [0.717, 1.165) is 27.5 Å². The van der Waals surface area contributed by atoms with Crippen molar-refractivity contribution in [2.75, 3.05) is 18.4 Å². The highest BCUT2D eigenvalue weighted by Crippen LogP contribution is 2.29. The average Bonchev–Trinajstić information content (AvgIpc) is 3.09. The Kier molecular flexibility index (Phi) is 5.74. The number of thiazole rings is 1. The fraction of sp³-hybridized carbons (Fsp3) is 0.300. The molecular weight excluding hydrogens is 474 g/mol. The second-order valence-corrected chi connectivity index (χ2v) is 11.1. The molecule has 1 amide bonds. The van der Waals surface area contributed by atoms with Crippen LogP contribution < -0.4 is 5.32 Å². The van der Waals surface area contributed by atoms with Crippen molar-refractivity contribution < 1.29 is 13.2 Å². The summed E-state index contributed by atoms with van der Waals surface area (Å²) in [5.41, 5.74) is 1.20. The van der Waals surface area contributed by atoms with Crippen molar-refractivity contribution in [3.05, 3.63) is 52.5 Å². The summed E-state index contributed by atoms with van der Waals surface area (Å²) in [6, 6.07) is 11.8. The van der Waals surface area contributed by atoms with Gasteiger partial charge in [-0.1, -0.05) is 34.2 Å². The third-order valence-electron chi connectivity index (χ3n) is 4.94. The van der Waals surface area contributed by atoms with Crippen molar-refractivity contribution in [3.63, 3.8) is 0 Å². The number of sulfonamides is 1. The molecule has 152 valence electrons. The Labute approximate surface area is 182 Å².